The number of nitrogens with one attached hydrogen (secondary N) is 1. The molecule has 2 rings (SSSR count). The van der Waals surface area contributed by atoms with Gasteiger partial charge in [0.15, 0.2) is 16.6 Å². The van der Waals surface area contributed by atoms with Crippen LogP contribution in [0.15, 0.2) is 11.5 Å². The highest BCUT2D eigenvalue weighted by molar-refractivity contribution is 7.99. The molecular weight excluding hydrogens is 222 g/mol. The molecule has 0 fully saturated rings. The van der Waals surface area contributed by atoms with E-state index < -0.39 is 0 Å². The van der Waals surface area contributed by atoms with Crippen LogP contribution in [-0.2, 0) is 0 Å². The first kappa shape index (κ1) is 11.2. The number of thioether (sulfide) groups is 1. The van der Waals surface area contributed by atoms with E-state index in [1.54, 1.807) is 18.1 Å². The summed E-state index contributed by atoms with van der Waals surface area (Å²) in [4.78, 5) is 15.6. The lowest BCUT2D eigenvalue weighted by Crippen LogP contribution is -1.98. The fourth-order valence-electron chi connectivity index (χ4n) is 1.29. The van der Waals surface area contributed by atoms with E-state index in [2.05, 4.69) is 33.8 Å². The SMILES string of the molecule is CC(C)CCSc1nc(N)c2[nH]cnc2n1. The topological polar surface area (TPSA) is 80.5 Å². The van der Waals surface area contributed by atoms with Gasteiger partial charge in [-0.2, -0.15) is 0 Å². The molecule has 0 saturated carbocycles. The van der Waals surface area contributed by atoms with E-state index in [1.807, 2.05) is 0 Å². The summed E-state index contributed by atoms with van der Waals surface area (Å²) in [6.45, 7) is 4.40. The first-order valence-electron chi connectivity index (χ1n) is 5.26. The third-order valence-electron chi connectivity index (χ3n) is 2.22. The highest BCUT2D eigenvalue weighted by atomic mass is 32.2. The molecule has 3 N–H and O–H groups in total. The summed E-state index contributed by atoms with van der Waals surface area (Å²) in [5.74, 6) is 2.17. The van der Waals surface area contributed by atoms with Crippen LogP contribution < -0.4 is 5.73 Å². The van der Waals surface area contributed by atoms with Crippen LogP contribution in [0.1, 0.15) is 20.3 Å². The van der Waals surface area contributed by atoms with Crippen molar-refractivity contribution in [2.75, 3.05) is 11.5 Å². The Kier molecular flexibility index (Phi) is 3.28. The van der Waals surface area contributed by atoms with Gasteiger partial charge in [-0.15, -0.1) is 0 Å². The van der Waals surface area contributed by atoms with Crippen molar-refractivity contribution in [3.63, 3.8) is 0 Å². The predicted octanol–water partition coefficient (Wildman–Crippen LogP) is 2.07. The van der Waals surface area contributed by atoms with Gasteiger partial charge in [-0.1, -0.05) is 25.6 Å². The summed E-state index contributed by atoms with van der Waals surface area (Å²) in [6, 6.07) is 0. The molecule has 86 valence electrons. The van der Waals surface area contributed by atoms with E-state index in [1.165, 1.54) is 0 Å². The lowest BCUT2D eigenvalue weighted by Gasteiger charge is -2.03. The lowest BCUT2D eigenvalue weighted by atomic mass is 10.2. The van der Waals surface area contributed by atoms with Gasteiger partial charge in [0.2, 0.25) is 0 Å². The Labute approximate surface area is 98.3 Å². The first-order valence-corrected chi connectivity index (χ1v) is 6.24. The molecule has 0 aliphatic heterocycles. The molecule has 0 amide bonds. The van der Waals surface area contributed by atoms with Crippen LogP contribution in [0, 0.1) is 5.92 Å². The quantitative estimate of drug-likeness (QED) is 0.628. The molecule has 0 atom stereocenters. The van der Waals surface area contributed by atoms with E-state index in [-0.39, 0.29) is 0 Å². The summed E-state index contributed by atoms with van der Waals surface area (Å²) in [6.07, 6.45) is 2.73. The number of hydrogen-bond acceptors (Lipinski definition) is 5. The van der Waals surface area contributed by atoms with Crippen LogP contribution in [-0.4, -0.2) is 25.7 Å². The van der Waals surface area contributed by atoms with Crippen molar-refractivity contribution in [3.05, 3.63) is 6.33 Å². The van der Waals surface area contributed by atoms with Gasteiger partial charge in [0.05, 0.1) is 6.33 Å². The predicted molar refractivity (Wildman–Crippen MR) is 66.3 cm³/mol. The Hall–Kier alpha value is -1.30. The number of H-pyrrole nitrogens is 1. The number of imidazole rings is 1. The number of nitrogen functional groups attached to an aromatic ring is 1. The van der Waals surface area contributed by atoms with Gasteiger partial charge >= 0.3 is 0 Å². The van der Waals surface area contributed by atoms with Crippen LogP contribution >= 0.6 is 11.8 Å². The minimum Gasteiger partial charge on any atom is -0.382 e. The third kappa shape index (κ3) is 2.44. The molecule has 16 heavy (non-hydrogen) atoms. The number of aromatic amines is 1. The van der Waals surface area contributed by atoms with Crippen molar-refractivity contribution in [1.29, 1.82) is 0 Å². The minimum atomic E-state index is 0.467. The smallest absolute Gasteiger partial charge is 0.191 e. The van der Waals surface area contributed by atoms with Crippen LogP contribution in [0.3, 0.4) is 0 Å². The van der Waals surface area contributed by atoms with Crippen molar-refractivity contribution < 1.29 is 0 Å². The maximum absolute atomic E-state index is 5.80. The molecular formula is C10H15N5S. The molecule has 2 heterocycles. The van der Waals surface area contributed by atoms with Crippen molar-refractivity contribution in [3.8, 4) is 0 Å². The number of nitrogens with two attached hydrogens (primary N) is 1. The first-order chi connectivity index (χ1) is 7.66. The molecule has 2 aromatic heterocycles. The average molecular weight is 237 g/mol. The average Bonchev–Trinajstić information content (AvgIpc) is 2.65. The second kappa shape index (κ2) is 4.69. The van der Waals surface area contributed by atoms with Crippen LogP contribution in [0.5, 0.6) is 0 Å². The Balaban J connectivity index is 2.12. The standard InChI is InChI=1S/C10H15N5S/c1-6(2)3-4-16-10-14-8(11)7-9(15-10)13-5-12-7/h5-6H,3-4H2,1-2H3,(H3,11,12,13,14,15). The zero-order valence-corrected chi connectivity index (χ0v) is 10.2. The molecule has 6 heteroatoms. The molecule has 0 aromatic carbocycles. The molecule has 0 spiro atoms. The molecule has 0 radical (unpaired) electrons. The zero-order chi connectivity index (χ0) is 11.5. The third-order valence-corrected chi connectivity index (χ3v) is 3.10. The zero-order valence-electron chi connectivity index (χ0n) is 9.40. The van der Waals surface area contributed by atoms with Gasteiger partial charge in [-0.25, -0.2) is 15.0 Å². The molecule has 5 nitrogen and oxygen atoms in total. The number of rotatable bonds is 4. The highest BCUT2D eigenvalue weighted by Crippen LogP contribution is 2.21. The van der Waals surface area contributed by atoms with Gasteiger partial charge in [0.25, 0.3) is 0 Å². The normalized spacial score (nSPS) is 11.4. The van der Waals surface area contributed by atoms with Crippen molar-refractivity contribution >= 4 is 28.7 Å². The van der Waals surface area contributed by atoms with Gasteiger partial charge < -0.3 is 10.7 Å². The molecule has 0 aliphatic rings. The van der Waals surface area contributed by atoms with Gasteiger partial charge in [-0.3, -0.25) is 0 Å². The Morgan fingerprint density at radius 2 is 2.25 bits per heavy atom. The summed E-state index contributed by atoms with van der Waals surface area (Å²) in [7, 11) is 0. The van der Waals surface area contributed by atoms with Crippen LogP contribution in [0.2, 0.25) is 0 Å². The monoisotopic (exact) mass is 237 g/mol. The largest absolute Gasteiger partial charge is 0.382 e. The van der Waals surface area contributed by atoms with Crippen molar-refractivity contribution in [2.45, 2.75) is 25.4 Å². The van der Waals surface area contributed by atoms with Crippen LogP contribution in [0.25, 0.3) is 11.2 Å². The minimum absolute atomic E-state index is 0.467. The molecule has 0 saturated heterocycles. The molecule has 2 aromatic rings. The summed E-state index contributed by atoms with van der Waals surface area (Å²) < 4.78 is 0. The maximum Gasteiger partial charge on any atom is 0.191 e. The number of fused-ring (bicyclic) bond motifs is 1. The van der Waals surface area contributed by atoms with E-state index >= 15 is 0 Å². The number of nitrogens with zero attached hydrogens (tertiary/aromatic N) is 3. The number of anilines is 1. The molecule has 0 bridgehead atoms. The fraction of sp³-hybridized carbons (Fsp3) is 0.500. The molecule has 0 unspecified atom stereocenters. The van der Waals surface area contributed by atoms with Gasteiger partial charge in [-0.05, 0) is 12.3 Å². The fourth-order valence-corrected chi connectivity index (χ4v) is 2.37. The summed E-state index contributed by atoms with van der Waals surface area (Å²) >= 11 is 1.63. The Bertz CT molecular complexity index is 479. The van der Waals surface area contributed by atoms with Gasteiger partial charge in [0, 0.05) is 5.75 Å². The molecule has 0 aliphatic carbocycles. The second-order valence-electron chi connectivity index (χ2n) is 4.02. The van der Waals surface area contributed by atoms with E-state index in [0.717, 1.165) is 12.2 Å². The van der Waals surface area contributed by atoms with E-state index in [0.29, 0.717) is 28.1 Å². The Morgan fingerprint density at radius 3 is 3.00 bits per heavy atom. The highest BCUT2D eigenvalue weighted by Gasteiger charge is 2.07. The summed E-state index contributed by atoms with van der Waals surface area (Å²) in [5, 5.41) is 0.706. The second-order valence-corrected chi connectivity index (χ2v) is 5.09. The lowest BCUT2D eigenvalue weighted by molar-refractivity contribution is 0.631. The Morgan fingerprint density at radius 1 is 1.44 bits per heavy atom. The van der Waals surface area contributed by atoms with Crippen molar-refractivity contribution in [1.82, 2.24) is 19.9 Å². The van der Waals surface area contributed by atoms with Crippen molar-refractivity contribution in [2.24, 2.45) is 5.92 Å². The number of aromatic nitrogens is 4. The summed E-state index contributed by atoms with van der Waals surface area (Å²) in [5.41, 5.74) is 7.15. The van der Waals surface area contributed by atoms with Crippen LogP contribution in [0.4, 0.5) is 5.82 Å². The van der Waals surface area contributed by atoms with E-state index in [9.17, 15) is 0 Å². The van der Waals surface area contributed by atoms with Gasteiger partial charge in [0.1, 0.15) is 5.52 Å². The maximum atomic E-state index is 5.80. The van der Waals surface area contributed by atoms with E-state index in [4.69, 9.17) is 5.73 Å². The number of hydrogen-bond donors (Lipinski definition) is 2.